The molecular formula is C20H38N2O4Pt. The summed E-state index contributed by atoms with van der Waals surface area (Å²) in [5, 5.41) is 23.5. The van der Waals surface area contributed by atoms with Gasteiger partial charge in [-0.05, 0) is 22.7 Å². The van der Waals surface area contributed by atoms with E-state index in [1.54, 1.807) is 0 Å². The molecule has 0 bridgehead atoms. The first-order valence-electron chi connectivity index (χ1n) is 9.58. The van der Waals surface area contributed by atoms with Crippen LogP contribution < -0.4 is 0 Å². The number of piperidine rings is 2. The van der Waals surface area contributed by atoms with Crippen molar-refractivity contribution >= 4 is 11.9 Å². The molecular weight excluding hydrogens is 527 g/mol. The molecule has 0 amide bonds. The Labute approximate surface area is 179 Å². The number of hydrogen-bond donors (Lipinski definition) is 2. The molecule has 0 aromatic rings. The van der Waals surface area contributed by atoms with Gasteiger partial charge < -0.3 is 20.8 Å². The summed E-state index contributed by atoms with van der Waals surface area (Å²) in [5.74, 6) is -1.83. The van der Waals surface area contributed by atoms with Crippen LogP contribution in [0.15, 0.2) is 0 Å². The van der Waals surface area contributed by atoms with Gasteiger partial charge in [0.15, 0.2) is 0 Å². The summed E-state index contributed by atoms with van der Waals surface area (Å²) in [6, 6.07) is 0. The molecule has 27 heavy (non-hydrogen) atoms. The molecule has 0 atom stereocenters. The molecule has 6 nitrogen and oxygen atoms in total. The van der Waals surface area contributed by atoms with Crippen LogP contribution in [0, 0.1) is 22.7 Å². The maximum Gasteiger partial charge on any atom is 2.00 e. The van der Waals surface area contributed by atoms with E-state index in [-0.39, 0.29) is 21.1 Å². The number of carboxylic acids is 2. The zero-order valence-corrected chi connectivity index (χ0v) is 20.0. The van der Waals surface area contributed by atoms with Crippen LogP contribution in [0.3, 0.4) is 0 Å². The van der Waals surface area contributed by atoms with E-state index in [4.69, 9.17) is 19.8 Å². The Kier molecular flexibility index (Phi) is 14.6. The Morgan fingerprint density at radius 3 is 1.00 bits per heavy atom. The summed E-state index contributed by atoms with van der Waals surface area (Å²) in [7, 11) is 0. The molecule has 0 radical (unpaired) electrons. The second-order valence-electron chi connectivity index (χ2n) is 9.23. The number of carboxylic acid groups (broad SMARTS) is 2. The molecule has 0 aliphatic carbocycles. The maximum absolute atomic E-state index is 9.10. The maximum atomic E-state index is 9.10. The quantitative estimate of drug-likeness (QED) is 0.413. The molecule has 2 saturated heterocycles. The van der Waals surface area contributed by atoms with E-state index in [1.807, 2.05) is 0 Å². The van der Waals surface area contributed by atoms with Crippen LogP contribution >= 0.6 is 0 Å². The number of rotatable bonds is 0. The second-order valence-corrected chi connectivity index (χ2v) is 9.23. The van der Waals surface area contributed by atoms with Gasteiger partial charge in [0.2, 0.25) is 0 Å². The first-order chi connectivity index (χ1) is 11.9. The van der Waals surface area contributed by atoms with Gasteiger partial charge in [-0.25, -0.2) is 9.59 Å². The van der Waals surface area contributed by atoms with Crippen molar-refractivity contribution in [2.75, 3.05) is 26.2 Å². The van der Waals surface area contributed by atoms with Crippen LogP contribution in [0.2, 0.25) is 0 Å². The first-order valence-corrected chi connectivity index (χ1v) is 9.58. The van der Waals surface area contributed by atoms with Crippen molar-refractivity contribution in [3.05, 3.63) is 10.6 Å². The van der Waals surface area contributed by atoms with Gasteiger partial charge in [0.05, 0.1) is 0 Å². The normalized spacial score (nSPS) is 18.7. The Hall–Kier alpha value is -0.452. The third-order valence-electron chi connectivity index (χ3n) is 5.18. The SMILES string of the molecule is CC(C)(C)C1CC[N-]CC1.CC(C)(C)C1CC[N-]CC1.O=C(O)C(=O)O.[Pt+2]. The molecule has 2 heterocycles. The Morgan fingerprint density at radius 1 is 0.667 bits per heavy atom. The monoisotopic (exact) mass is 565 g/mol. The van der Waals surface area contributed by atoms with E-state index < -0.39 is 11.9 Å². The molecule has 0 spiro atoms. The van der Waals surface area contributed by atoms with Crippen LogP contribution in [0.4, 0.5) is 0 Å². The molecule has 2 rings (SSSR count). The van der Waals surface area contributed by atoms with E-state index in [0.717, 1.165) is 38.0 Å². The number of aliphatic carboxylic acids is 2. The summed E-state index contributed by atoms with van der Waals surface area (Å²) < 4.78 is 0. The van der Waals surface area contributed by atoms with E-state index in [0.29, 0.717) is 10.8 Å². The van der Waals surface area contributed by atoms with Crippen molar-refractivity contribution < 1.29 is 40.9 Å². The van der Waals surface area contributed by atoms with Crippen LogP contribution in [0.1, 0.15) is 67.2 Å². The van der Waals surface area contributed by atoms with Crippen molar-refractivity contribution in [2.24, 2.45) is 22.7 Å². The Morgan fingerprint density at radius 2 is 0.889 bits per heavy atom. The largest absolute Gasteiger partial charge is 2.00 e. The van der Waals surface area contributed by atoms with Crippen molar-refractivity contribution in [1.82, 2.24) is 0 Å². The van der Waals surface area contributed by atoms with Crippen LogP contribution in [-0.2, 0) is 30.7 Å². The van der Waals surface area contributed by atoms with E-state index >= 15 is 0 Å². The van der Waals surface area contributed by atoms with E-state index in [9.17, 15) is 0 Å². The first kappa shape index (κ1) is 28.8. The average molecular weight is 566 g/mol. The molecule has 0 aromatic carbocycles. The molecule has 0 aromatic heterocycles. The van der Waals surface area contributed by atoms with Crippen molar-refractivity contribution in [2.45, 2.75) is 67.2 Å². The molecule has 2 aliphatic rings. The molecule has 7 heteroatoms. The molecule has 2 fully saturated rings. The fraction of sp³-hybridized carbons (Fsp3) is 0.900. The van der Waals surface area contributed by atoms with Crippen LogP contribution in [-0.4, -0.2) is 48.3 Å². The summed E-state index contributed by atoms with van der Waals surface area (Å²) >= 11 is 0. The molecule has 0 saturated carbocycles. The minimum atomic E-state index is -1.82. The summed E-state index contributed by atoms with van der Waals surface area (Å²) in [6.45, 7) is 18.4. The summed E-state index contributed by atoms with van der Waals surface area (Å²) in [4.78, 5) is 18.2. The van der Waals surface area contributed by atoms with Crippen molar-refractivity contribution in [3.8, 4) is 0 Å². The zero-order chi connectivity index (χ0) is 20.4. The molecule has 2 N–H and O–H groups in total. The molecule has 162 valence electrons. The fourth-order valence-corrected chi connectivity index (χ4v) is 3.23. The minimum absolute atomic E-state index is 0. The van der Waals surface area contributed by atoms with Gasteiger partial charge in [-0.2, -0.15) is 0 Å². The standard InChI is InChI=1S/2C9H18N.C2H2O4.Pt/c2*1-9(2,3)8-4-6-10-7-5-8;3-1(4)2(5)6;/h2*8H,4-7H2,1-3H3;(H,3,4)(H,5,6);/q2*-1;;+2. The van der Waals surface area contributed by atoms with Crippen LogP contribution in [0.5, 0.6) is 0 Å². The average Bonchev–Trinajstić information content (AvgIpc) is 2.56. The van der Waals surface area contributed by atoms with Gasteiger partial charge in [0.1, 0.15) is 0 Å². The van der Waals surface area contributed by atoms with Gasteiger partial charge in [-0.15, -0.1) is 26.2 Å². The number of carbonyl (C=O) groups is 2. The van der Waals surface area contributed by atoms with Gasteiger partial charge >= 0.3 is 33.0 Å². The zero-order valence-electron chi connectivity index (χ0n) is 17.7. The smallest absolute Gasteiger partial charge is 0.662 e. The summed E-state index contributed by atoms with van der Waals surface area (Å²) in [6.07, 6.45) is 5.24. The minimum Gasteiger partial charge on any atom is -0.662 e. The van der Waals surface area contributed by atoms with Crippen LogP contribution in [0.25, 0.3) is 10.6 Å². The summed E-state index contributed by atoms with van der Waals surface area (Å²) in [5.41, 5.74) is 1.02. The van der Waals surface area contributed by atoms with Gasteiger partial charge in [-0.3, -0.25) is 0 Å². The van der Waals surface area contributed by atoms with E-state index in [2.05, 4.69) is 52.2 Å². The van der Waals surface area contributed by atoms with Gasteiger partial charge in [0.25, 0.3) is 0 Å². The third kappa shape index (κ3) is 14.2. The Balaban J connectivity index is 0. The number of nitrogens with zero attached hydrogens (tertiary/aromatic N) is 2. The second kappa shape index (κ2) is 13.7. The number of hydrogen-bond acceptors (Lipinski definition) is 2. The topological polar surface area (TPSA) is 103 Å². The molecule has 0 unspecified atom stereocenters. The fourth-order valence-electron chi connectivity index (χ4n) is 3.23. The Bertz CT molecular complexity index is 379. The van der Waals surface area contributed by atoms with Gasteiger partial charge in [0, 0.05) is 0 Å². The van der Waals surface area contributed by atoms with Gasteiger partial charge in [-0.1, -0.05) is 67.2 Å². The van der Waals surface area contributed by atoms with Crippen molar-refractivity contribution in [1.29, 1.82) is 0 Å². The van der Waals surface area contributed by atoms with E-state index in [1.165, 1.54) is 25.7 Å². The predicted molar refractivity (Wildman–Crippen MR) is 106 cm³/mol. The third-order valence-corrected chi connectivity index (χ3v) is 5.18. The van der Waals surface area contributed by atoms with Crippen molar-refractivity contribution in [3.63, 3.8) is 0 Å². The molecule has 2 aliphatic heterocycles. The predicted octanol–water partition coefficient (Wildman–Crippen LogP) is 4.79.